The van der Waals surface area contributed by atoms with Crippen molar-refractivity contribution in [3.63, 3.8) is 0 Å². The number of carbonyl (C=O) groups excluding carboxylic acids is 1. The molecule has 1 aliphatic carbocycles. The van der Waals surface area contributed by atoms with Gasteiger partial charge in [-0.1, -0.05) is 49.6 Å². The molecule has 22 heavy (non-hydrogen) atoms. The highest BCUT2D eigenvalue weighted by atomic mass is 16.3. The highest BCUT2D eigenvalue weighted by Crippen LogP contribution is 2.27. The molecular weight excluding hydrogens is 274 g/mol. The van der Waals surface area contributed by atoms with Gasteiger partial charge in [-0.2, -0.15) is 0 Å². The summed E-state index contributed by atoms with van der Waals surface area (Å²) in [4.78, 5) is 12.2. The molecule has 1 amide bonds. The zero-order chi connectivity index (χ0) is 15.4. The molecule has 0 aliphatic heterocycles. The van der Waals surface area contributed by atoms with Crippen LogP contribution < -0.4 is 5.32 Å². The normalized spacial score (nSPS) is 15.8. The Morgan fingerprint density at radius 3 is 2.68 bits per heavy atom. The topological polar surface area (TPSA) is 49.3 Å². The largest absolute Gasteiger partial charge is 0.508 e. The summed E-state index contributed by atoms with van der Waals surface area (Å²) in [6.07, 6.45) is 6.29. The van der Waals surface area contributed by atoms with Crippen LogP contribution in [-0.2, 0) is 11.2 Å². The van der Waals surface area contributed by atoms with Gasteiger partial charge in [0.25, 0.3) is 0 Å². The first-order valence-corrected chi connectivity index (χ1v) is 8.23. The van der Waals surface area contributed by atoms with Gasteiger partial charge in [0.05, 0.1) is 0 Å². The number of aromatic hydroxyl groups is 1. The number of amides is 1. The molecule has 0 atom stereocenters. The van der Waals surface area contributed by atoms with Crippen molar-refractivity contribution in [2.45, 2.75) is 38.5 Å². The fourth-order valence-electron chi connectivity index (χ4n) is 3.41. The third kappa shape index (κ3) is 3.24. The fraction of sp³-hybridized carbons (Fsp3) is 0.421. The van der Waals surface area contributed by atoms with E-state index in [9.17, 15) is 9.90 Å². The molecule has 0 spiro atoms. The van der Waals surface area contributed by atoms with Crippen LogP contribution in [0.15, 0.2) is 36.4 Å². The molecule has 3 heteroatoms. The van der Waals surface area contributed by atoms with Gasteiger partial charge in [-0.05, 0) is 36.1 Å². The maximum absolute atomic E-state index is 12.2. The van der Waals surface area contributed by atoms with E-state index in [1.807, 2.05) is 30.3 Å². The van der Waals surface area contributed by atoms with Gasteiger partial charge in [-0.15, -0.1) is 0 Å². The molecule has 0 unspecified atom stereocenters. The van der Waals surface area contributed by atoms with Gasteiger partial charge in [0.1, 0.15) is 5.75 Å². The number of nitrogens with one attached hydrogen (secondary N) is 1. The molecule has 1 aliphatic rings. The lowest BCUT2D eigenvalue weighted by Gasteiger charge is -2.20. The van der Waals surface area contributed by atoms with Crippen molar-refractivity contribution >= 4 is 16.7 Å². The van der Waals surface area contributed by atoms with Gasteiger partial charge in [-0.25, -0.2) is 0 Å². The quantitative estimate of drug-likeness (QED) is 0.902. The second kappa shape index (κ2) is 6.82. The molecule has 3 nitrogen and oxygen atoms in total. The minimum absolute atomic E-state index is 0.180. The van der Waals surface area contributed by atoms with Gasteiger partial charge in [0.2, 0.25) is 5.91 Å². The van der Waals surface area contributed by atoms with Crippen molar-refractivity contribution in [2.24, 2.45) is 5.92 Å². The second-order valence-corrected chi connectivity index (χ2v) is 6.16. The summed E-state index contributed by atoms with van der Waals surface area (Å²) in [6, 6.07) is 11.7. The molecule has 0 radical (unpaired) electrons. The summed E-state index contributed by atoms with van der Waals surface area (Å²) in [5, 5.41) is 15.3. The summed E-state index contributed by atoms with van der Waals surface area (Å²) >= 11 is 0. The Morgan fingerprint density at radius 2 is 1.86 bits per heavy atom. The minimum atomic E-state index is 0.180. The van der Waals surface area contributed by atoms with E-state index < -0.39 is 0 Å². The average molecular weight is 297 g/mol. The Labute approximate surface area is 131 Å². The monoisotopic (exact) mass is 297 g/mol. The zero-order valence-corrected chi connectivity index (χ0v) is 12.8. The lowest BCUT2D eigenvalue weighted by molar-refractivity contribution is -0.125. The third-order valence-corrected chi connectivity index (χ3v) is 4.67. The molecule has 0 heterocycles. The van der Waals surface area contributed by atoms with E-state index in [4.69, 9.17) is 0 Å². The Hall–Kier alpha value is -2.03. The summed E-state index contributed by atoms with van der Waals surface area (Å²) in [6.45, 7) is 0.580. The van der Waals surface area contributed by atoms with E-state index in [-0.39, 0.29) is 11.8 Å². The molecule has 0 saturated heterocycles. The summed E-state index contributed by atoms with van der Waals surface area (Å²) < 4.78 is 0. The van der Waals surface area contributed by atoms with Crippen LogP contribution >= 0.6 is 0 Å². The van der Waals surface area contributed by atoms with E-state index in [2.05, 4.69) is 5.32 Å². The smallest absolute Gasteiger partial charge is 0.223 e. The number of hydrogen-bond acceptors (Lipinski definition) is 2. The Balaban J connectivity index is 1.64. The first-order chi connectivity index (χ1) is 10.8. The van der Waals surface area contributed by atoms with Gasteiger partial charge in [0, 0.05) is 18.0 Å². The van der Waals surface area contributed by atoms with E-state index >= 15 is 0 Å². The Bertz CT molecular complexity index is 660. The van der Waals surface area contributed by atoms with E-state index in [0.717, 1.165) is 29.2 Å². The van der Waals surface area contributed by atoms with Crippen LogP contribution in [0.4, 0.5) is 0 Å². The molecule has 116 valence electrons. The maximum atomic E-state index is 12.2. The van der Waals surface area contributed by atoms with Crippen LogP contribution in [0.1, 0.15) is 37.7 Å². The van der Waals surface area contributed by atoms with Gasteiger partial charge in [-0.3, -0.25) is 4.79 Å². The van der Waals surface area contributed by atoms with Crippen LogP contribution in [0.25, 0.3) is 10.8 Å². The summed E-state index contributed by atoms with van der Waals surface area (Å²) in [7, 11) is 0. The molecule has 0 aromatic heterocycles. The molecule has 0 bridgehead atoms. The number of rotatable bonds is 4. The minimum Gasteiger partial charge on any atom is -0.508 e. The molecule has 1 fully saturated rings. The highest BCUT2D eigenvalue weighted by Gasteiger charge is 2.20. The van der Waals surface area contributed by atoms with Gasteiger partial charge >= 0.3 is 0 Å². The van der Waals surface area contributed by atoms with Gasteiger partial charge in [0.15, 0.2) is 0 Å². The van der Waals surface area contributed by atoms with Gasteiger partial charge < -0.3 is 10.4 Å². The van der Waals surface area contributed by atoms with Crippen LogP contribution in [0, 0.1) is 5.92 Å². The zero-order valence-electron chi connectivity index (χ0n) is 12.8. The van der Waals surface area contributed by atoms with Crippen molar-refractivity contribution < 1.29 is 9.90 Å². The predicted molar refractivity (Wildman–Crippen MR) is 88.9 cm³/mol. The Morgan fingerprint density at radius 1 is 1.09 bits per heavy atom. The van der Waals surface area contributed by atoms with Crippen LogP contribution in [0.3, 0.4) is 0 Å². The maximum Gasteiger partial charge on any atom is 0.223 e. The van der Waals surface area contributed by atoms with Crippen LogP contribution in [-0.4, -0.2) is 17.6 Å². The number of fused-ring (bicyclic) bond motifs is 1. The van der Waals surface area contributed by atoms with Crippen molar-refractivity contribution in [1.29, 1.82) is 0 Å². The van der Waals surface area contributed by atoms with E-state index in [1.54, 1.807) is 6.07 Å². The molecule has 1 saturated carbocycles. The average Bonchev–Trinajstić information content (AvgIpc) is 2.57. The van der Waals surface area contributed by atoms with Crippen molar-refractivity contribution in [3.8, 4) is 5.75 Å². The fourth-order valence-corrected chi connectivity index (χ4v) is 3.41. The van der Waals surface area contributed by atoms with E-state index in [0.29, 0.717) is 18.7 Å². The lowest BCUT2D eigenvalue weighted by atomic mass is 9.88. The SMILES string of the molecule is O=C(NCCc1c(O)ccc2ccccc12)C1CCCCC1. The molecule has 2 aromatic carbocycles. The highest BCUT2D eigenvalue weighted by molar-refractivity contribution is 5.87. The molecule has 2 N–H and O–H groups in total. The number of hydrogen-bond donors (Lipinski definition) is 2. The second-order valence-electron chi connectivity index (χ2n) is 6.16. The Kier molecular flexibility index (Phi) is 4.62. The predicted octanol–water partition coefficient (Wildman–Crippen LogP) is 3.78. The molecular formula is C19H23NO2. The first kappa shape index (κ1) is 14.9. The summed E-state index contributed by atoms with van der Waals surface area (Å²) in [5.74, 6) is 0.680. The summed E-state index contributed by atoms with van der Waals surface area (Å²) in [5.41, 5.74) is 0.919. The van der Waals surface area contributed by atoms with Crippen LogP contribution in [0.5, 0.6) is 5.75 Å². The van der Waals surface area contributed by atoms with Crippen molar-refractivity contribution in [3.05, 3.63) is 42.0 Å². The van der Waals surface area contributed by atoms with Crippen LogP contribution in [0.2, 0.25) is 0 Å². The van der Waals surface area contributed by atoms with Crippen molar-refractivity contribution in [1.82, 2.24) is 5.32 Å². The molecule has 2 aromatic rings. The third-order valence-electron chi connectivity index (χ3n) is 4.67. The standard InChI is InChI=1S/C19H23NO2/c21-18-11-10-14-6-4-5-9-16(14)17(18)12-13-20-19(22)15-7-2-1-3-8-15/h4-6,9-11,15,21H,1-3,7-8,12-13H2,(H,20,22). The number of phenolic OH excluding ortho intramolecular Hbond substituents is 1. The first-order valence-electron chi connectivity index (χ1n) is 8.23. The number of carbonyl (C=O) groups is 1. The lowest BCUT2D eigenvalue weighted by Crippen LogP contribution is -2.33. The number of benzene rings is 2. The molecule has 3 rings (SSSR count). The number of phenols is 1. The van der Waals surface area contributed by atoms with Crippen molar-refractivity contribution in [2.75, 3.05) is 6.54 Å². The van der Waals surface area contributed by atoms with E-state index in [1.165, 1.54) is 19.3 Å².